The highest BCUT2D eigenvalue weighted by molar-refractivity contribution is 5.37. The van der Waals surface area contributed by atoms with Crippen LogP contribution in [0.4, 0.5) is 5.95 Å². The first-order valence-electron chi connectivity index (χ1n) is 4.95. The minimum atomic E-state index is -0.0627. The second kappa shape index (κ2) is 3.20. The van der Waals surface area contributed by atoms with Gasteiger partial charge >= 0.3 is 0 Å². The highest BCUT2D eigenvalue weighted by Crippen LogP contribution is 2.21. The number of aryl methyl sites for hydroxylation is 1. The third-order valence-corrected chi connectivity index (χ3v) is 2.49. The maximum Gasteiger partial charge on any atom is 0.225 e. The average Bonchev–Trinajstić information content (AvgIpc) is 2.14. The van der Waals surface area contributed by atoms with Crippen LogP contribution in [0.5, 0.6) is 0 Å². The van der Waals surface area contributed by atoms with Crippen LogP contribution in [-0.2, 0) is 6.42 Å². The summed E-state index contributed by atoms with van der Waals surface area (Å²) in [7, 11) is 0. The number of aromatic nitrogens is 2. The van der Waals surface area contributed by atoms with E-state index in [4.69, 9.17) is 5.73 Å². The van der Waals surface area contributed by atoms with E-state index >= 15 is 0 Å². The number of hydrogen-bond acceptors (Lipinski definition) is 4. The van der Waals surface area contributed by atoms with Crippen LogP contribution in [-0.4, -0.2) is 28.6 Å². The van der Waals surface area contributed by atoms with Crippen LogP contribution in [0.15, 0.2) is 12.4 Å². The molecule has 0 aromatic carbocycles. The van der Waals surface area contributed by atoms with Crippen molar-refractivity contribution >= 4 is 5.95 Å². The summed E-state index contributed by atoms with van der Waals surface area (Å²) in [5, 5.41) is 0. The van der Waals surface area contributed by atoms with Gasteiger partial charge in [0.25, 0.3) is 0 Å². The first kappa shape index (κ1) is 9.40. The highest BCUT2D eigenvalue weighted by atomic mass is 15.3. The molecule has 76 valence electrons. The van der Waals surface area contributed by atoms with Gasteiger partial charge in [-0.05, 0) is 18.9 Å². The highest BCUT2D eigenvalue weighted by Gasteiger charge is 2.36. The fraction of sp³-hybridized carbons (Fsp3) is 0.600. The Morgan fingerprint density at radius 1 is 1.43 bits per heavy atom. The standard InChI is InChI=1S/C10H16N4/c1-3-8-4-12-9(13-5-8)14-6-10(2,11)7-14/h4-5H,3,6-7,11H2,1-2H3. The van der Waals surface area contributed by atoms with Crippen LogP contribution < -0.4 is 10.6 Å². The second-order valence-corrected chi connectivity index (χ2v) is 4.25. The third-order valence-electron chi connectivity index (χ3n) is 2.49. The zero-order valence-corrected chi connectivity index (χ0v) is 8.70. The first-order chi connectivity index (χ1) is 6.61. The molecule has 1 aromatic heterocycles. The molecule has 1 aliphatic heterocycles. The summed E-state index contributed by atoms with van der Waals surface area (Å²) in [6.07, 6.45) is 4.75. The molecule has 1 aliphatic rings. The molecule has 0 amide bonds. The van der Waals surface area contributed by atoms with Crippen molar-refractivity contribution < 1.29 is 0 Å². The first-order valence-corrected chi connectivity index (χ1v) is 4.95. The summed E-state index contributed by atoms with van der Waals surface area (Å²) in [6.45, 7) is 5.83. The lowest BCUT2D eigenvalue weighted by Crippen LogP contribution is -2.66. The molecule has 0 unspecified atom stereocenters. The number of nitrogens with zero attached hydrogens (tertiary/aromatic N) is 3. The van der Waals surface area contributed by atoms with E-state index in [9.17, 15) is 0 Å². The Kier molecular flexibility index (Phi) is 2.15. The maximum absolute atomic E-state index is 5.91. The molecule has 0 radical (unpaired) electrons. The van der Waals surface area contributed by atoms with E-state index in [0.29, 0.717) is 0 Å². The van der Waals surface area contributed by atoms with Gasteiger partial charge in [-0.25, -0.2) is 9.97 Å². The Hall–Kier alpha value is -1.16. The fourth-order valence-corrected chi connectivity index (χ4v) is 1.66. The van der Waals surface area contributed by atoms with Gasteiger partial charge in [0.2, 0.25) is 5.95 Å². The zero-order chi connectivity index (χ0) is 10.2. The Morgan fingerprint density at radius 3 is 2.43 bits per heavy atom. The molecule has 2 heterocycles. The van der Waals surface area contributed by atoms with Crippen molar-refractivity contribution in [3.8, 4) is 0 Å². The van der Waals surface area contributed by atoms with Crippen molar-refractivity contribution in [3.05, 3.63) is 18.0 Å². The van der Waals surface area contributed by atoms with Gasteiger partial charge in [-0.15, -0.1) is 0 Å². The van der Waals surface area contributed by atoms with E-state index in [-0.39, 0.29) is 5.54 Å². The summed E-state index contributed by atoms with van der Waals surface area (Å²) in [4.78, 5) is 10.7. The largest absolute Gasteiger partial charge is 0.337 e. The predicted octanol–water partition coefficient (Wildman–Crippen LogP) is 0.576. The lowest BCUT2D eigenvalue weighted by molar-refractivity contribution is 0.360. The minimum Gasteiger partial charge on any atom is -0.337 e. The van der Waals surface area contributed by atoms with E-state index in [1.807, 2.05) is 19.3 Å². The van der Waals surface area contributed by atoms with Crippen LogP contribution in [0.25, 0.3) is 0 Å². The number of anilines is 1. The maximum atomic E-state index is 5.91. The zero-order valence-electron chi connectivity index (χ0n) is 8.70. The predicted molar refractivity (Wildman–Crippen MR) is 56.2 cm³/mol. The van der Waals surface area contributed by atoms with Crippen molar-refractivity contribution in [1.82, 2.24) is 9.97 Å². The van der Waals surface area contributed by atoms with Gasteiger partial charge in [0, 0.05) is 31.0 Å². The van der Waals surface area contributed by atoms with Crippen molar-refractivity contribution in [3.63, 3.8) is 0 Å². The Labute approximate surface area is 84.2 Å². The van der Waals surface area contributed by atoms with Crippen LogP contribution in [0.1, 0.15) is 19.4 Å². The molecule has 4 heteroatoms. The van der Waals surface area contributed by atoms with E-state index in [0.717, 1.165) is 25.5 Å². The fourth-order valence-electron chi connectivity index (χ4n) is 1.66. The van der Waals surface area contributed by atoms with Crippen LogP contribution >= 0.6 is 0 Å². The molecule has 0 saturated carbocycles. The van der Waals surface area contributed by atoms with Gasteiger partial charge in [0.1, 0.15) is 0 Å². The minimum absolute atomic E-state index is 0.0627. The van der Waals surface area contributed by atoms with Crippen molar-refractivity contribution in [2.45, 2.75) is 25.8 Å². The summed E-state index contributed by atoms with van der Waals surface area (Å²) < 4.78 is 0. The van der Waals surface area contributed by atoms with E-state index in [1.165, 1.54) is 5.56 Å². The lowest BCUT2D eigenvalue weighted by atomic mass is 9.94. The molecule has 2 N–H and O–H groups in total. The van der Waals surface area contributed by atoms with Crippen LogP contribution in [0, 0.1) is 0 Å². The van der Waals surface area contributed by atoms with Gasteiger partial charge in [0.05, 0.1) is 0 Å². The van der Waals surface area contributed by atoms with Crippen LogP contribution in [0.2, 0.25) is 0 Å². The normalized spacial score (nSPS) is 19.2. The summed E-state index contributed by atoms with van der Waals surface area (Å²) in [5.74, 6) is 0.796. The van der Waals surface area contributed by atoms with E-state index in [1.54, 1.807) is 0 Å². The van der Waals surface area contributed by atoms with Gasteiger partial charge < -0.3 is 10.6 Å². The van der Waals surface area contributed by atoms with E-state index in [2.05, 4.69) is 21.8 Å². The van der Waals surface area contributed by atoms with Gasteiger partial charge in [-0.2, -0.15) is 0 Å². The van der Waals surface area contributed by atoms with E-state index < -0.39 is 0 Å². The number of hydrogen-bond donors (Lipinski definition) is 1. The van der Waals surface area contributed by atoms with Gasteiger partial charge in [0.15, 0.2) is 0 Å². The summed E-state index contributed by atoms with van der Waals surface area (Å²) in [5.41, 5.74) is 7.02. The number of rotatable bonds is 2. The quantitative estimate of drug-likeness (QED) is 0.744. The smallest absolute Gasteiger partial charge is 0.225 e. The number of nitrogens with two attached hydrogens (primary N) is 1. The molecule has 14 heavy (non-hydrogen) atoms. The molecule has 1 fully saturated rings. The molecule has 0 bridgehead atoms. The average molecular weight is 192 g/mol. The molecule has 0 spiro atoms. The van der Waals surface area contributed by atoms with Crippen molar-refractivity contribution in [1.29, 1.82) is 0 Å². The van der Waals surface area contributed by atoms with Crippen molar-refractivity contribution in [2.24, 2.45) is 5.73 Å². The Morgan fingerprint density at radius 2 is 2.00 bits per heavy atom. The second-order valence-electron chi connectivity index (χ2n) is 4.25. The molecule has 0 aliphatic carbocycles. The molecular weight excluding hydrogens is 176 g/mol. The topological polar surface area (TPSA) is 55.0 Å². The SMILES string of the molecule is CCc1cnc(N2CC(C)(N)C2)nc1. The summed E-state index contributed by atoms with van der Waals surface area (Å²) >= 11 is 0. The molecule has 4 nitrogen and oxygen atoms in total. The molecule has 1 aromatic rings. The molecular formula is C10H16N4. The molecule has 2 rings (SSSR count). The third kappa shape index (κ3) is 1.70. The van der Waals surface area contributed by atoms with Gasteiger partial charge in [-0.1, -0.05) is 6.92 Å². The van der Waals surface area contributed by atoms with Crippen molar-refractivity contribution in [2.75, 3.05) is 18.0 Å². The Balaban J connectivity index is 2.05. The lowest BCUT2D eigenvalue weighted by Gasteiger charge is -2.45. The van der Waals surface area contributed by atoms with Gasteiger partial charge in [-0.3, -0.25) is 0 Å². The Bertz CT molecular complexity index is 309. The monoisotopic (exact) mass is 192 g/mol. The summed E-state index contributed by atoms with van der Waals surface area (Å²) in [6, 6.07) is 0. The molecule has 1 saturated heterocycles. The molecule has 0 atom stereocenters. The van der Waals surface area contributed by atoms with Crippen LogP contribution in [0.3, 0.4) is 0 Å².